The highest BCUT2D eigenvalue weighted by Crippen LogP contribution is 2.17. The number of nitrogens with zero attached hydrogens (tertiary/aromatic N) is 1. The number of para-hydroxylation sites is 1. The van der Waals surface area contributed by atoms with Crippen molar-refractivity contribution in [1.82, 2.24) is 4.98 Å². The second-order valence-corrected chi connectivity index (χ2v) is 4.82. The second kappa shape index (κ2) is 4.42. The molecule has 0 saturated carbocycles. The Bertz CT molecular complexity index is 594. The number of pyridine rings is 1. The van der Waals surface area contributed by atoms with Crippen LogP contribution in [-0.2, 0) is 10.1 Å². The lowest BCUT2D eigenvalue weighted by atomic mass is 10.3. The molecule has 2 rings (SSSR count). The van der Waals surface area contributed by atoms with Gasteiger partial charge in [0, 0.05) is 0 Å². The maximum atomic E-state index is 11.8. The summed E-state index contributed by atoms with van der Waals surface area (Å²) in [5, 5.41) is 0. The van der Waals surface area contributed by atoms with Crippen LogP contribution in [-0.4, -0.2) is 13.4 Å². The van der Waals surface area contributed by atoms with Gasteiger partial charge in [-0.3, -0.25) is 0 Å². The van der Waals surface area contributed by atoms with Crippen LogP contribution in [0.3, 0.4) is 0 Å². The zero-order chi connectivity index (χ0) is 12.3. The molecule has 1 heterocycles. The molecule has 1 aromatic carbocycles. The average Bonchev–Trinajstić information content (AvgIpc) is 2.30. The minimum atomic E-state index is -3.85. The Hall–Kier alpha value is -2.08. The number of rotatable bonds is 3. The summed E-state index contributed by atoms with van der Waals surface area (Å²) >= 11 is 0. The Kier molecular flexibility index (Phi) is 2.97. The van der Waals surface area contributed by atoms with Crippen molar-refractivity contribution in [3.63, 3.8) is 0 Å². The molecular formula is C11H10N2O3S. The van der Waals surface area contributed by atoms with E-state index in [4.69, 9.17) is 9.92 Å². The van der Waals surface area contributed by atoms with Gasteiger partial charge in [0.2, 0.25) is 0 Å². The molecule has 2 aromatic rings. The minimum absolute atomic E-state index is 0.0319. The third kappa shape index (κ3) is 2.73. The molecule has 88 valence electrons. The van der Waals surface area contributed by atoms with E-state index >= 15 is 0 Å². The van der Waals surface area contributed by atoms with Crippen LogP contribution >= 0.6 is 0 Å². The zero-order valence-corrected chi connectivity index (χ0v) is 9.59. The smallest absolute Gasteiger partial charge is 0.340 e. The van der Waals surface area contributed by atoms with Crippen molar-refractivity contribution in [1.29, 1.82) is 0 Å². The highest BCUT2D eigenvalue weighted by Gasteiger charge is 2.16. The number of aromatic nitrogens is 1. The van der Waals surface area contributed by atoms with Gasteiger partial charge in [-0.15, -0.1) is 0 Å². The fourth-order valence-corrected chi connectivity index (χ4v) is 2.07. The highest BCUT2D eigenvalue weighted by molar-refractivity contribution is 7.87. The van der Waals surface area contributed by atoms with Gasteiger partial charge in [-0.05, 0) is 24.3 Å². The third-order valence-corrected chi connectivity index (χ3v) is 3.23. The fourth-order valence-electron chi connectivity index (χ4n) is 1.19. The normalized spacial score (nSPS) is 11.1. The van der Waals surface area contributed by atoms with E-state index in [-0.39, 0.29) is 16.5 Å². The standard InChI is InChI=1S/C11H10N2O3S/c12-11-7-6-10(8-13-11)17(14,15)16-9-4-2-1-3-5-9/h1-8H,(H2,12,13). The fraction of sp³-hybridized carbons (Fsp3) is 0. The summed E-state index contributed by atoms with van der Waals surface area (Å²) in [6, 6.07) is 11.0. The van der Waals surface area contributed by atoms with Crippen molar-refractivity contribution in [2.45, 2.75) is 4.90 Å². The molecule has 5 nitrogen and oxygen atoms in total. The van der Waals surface area contributed by atoms with Crippen LogP contribution in [0.1, 0.15) is 0 Å². The van der Waals surface area contributed by atoms with Crippen molar-refractivity contribution in [3.8, 4) is 5.75 Å². The summed E-state index contributed by atoms with van der Waals surface area (Å²) in [7, 11) is -3.85. The average molecular weight is 250 g/mol. The Labute approximate surface area is 99.0 Å². The lowest BCUT2D eigenvalue weighted by molar-refractivity contribution is 0.486. The Morgan fingerprint density at radius 2 is 1.76 bits per heavy atom. The molecule has 0 spiro atoms. The number of hydrogen-bond acceptors (Lipinski definition) is 5. The van der Waals surface area contributed by atoms with E-state index < -0.39 is 10.1 Å². The van der Waals surface area contributed by atoms with Gasteiger partial charge in [0.15, 0.2) is 0 Å². The predicted molar refractivity (Wildman–Crippen MR) is 62.9 cm³/mol. The number of benzene rings is 1. The van der Waals surface area contributed by atoms with Crippen LogP contribution in [0.4, 0.5) is 5.82 Å². The van der Waals surface area contributed by atoms with Gasteiger partial charge >= 0.3 is 10.1 Å². The third-order valence-electron chi connectivity index (χ3n) is 2.00. The molecule has 2 N–H and O–H groups in total. The largest absolute Gasteiger partial charge is 0.384 e. The van der Waals surface area contributed by atoms with Crippen molar-refractivity contribution in [3.05, 3.63) is 48.7 Å². The van der Waals surface area contributed by atoms with Crippen LogP contribution in [0, 0.1) is 0 Å². The predicted octanol–water partition coefficient (Wildman–Crippen LogP) is 1.43. The second-order valence-electron chi connectivity index (χ2n) is 3.27. The monoisotopic (exact) mass is 250 g/mol. The SMILES string of the molecule is Nc1ccc(S(=O)(=O)Oc2ccccc2)cn1. The number of hydrogen-bond donors (Lipinski definition) is 1. The lowest BCUT2D eigenvalue weighted by Gasteiger charge is -2.06. The molecule has 0 radical (unpaired) electrons. The molecule has 0 aliphatic rings. The van der Waals surface area contributed by atoms with Crippen molar-refractivity contribution in [2.24, 2.45) is 0 Å². The molecule has 0 bridgehead atoms. The molecule has 17 heavy (non-hydrogen) atoms. The van der Waals surface area contributed by atoms with E-state index in [0.29, 0.717) is 0 Å². The van der Waals surface area contributed by atoms with Gasteiger partial charge in [-0.1, -0.05) is 18.2 Å². The Morgan fingerprint density at radius 3 is 2.35 bits per heavy atom. The lowest BCUT2D eigenvalue weighted by Crippen LogP contribution is -2.10. The van der Waals surface area contributed by atoms with Gasteiger partial charge in [0.05, 0.1) is 6.20 Å². The topological polar surface area (TPSA) is 82.3 Å². The zero-order valence-electron chi connectivity index (χ0n) is 8.78. The molecule has 0 unspecified atom stereocenters. The first kappa shape index (κ1) is 11.4. The summed E-state index contributed by atoms with van der Waals surface area (Å²) in [6.45, 7) is 0. The highest BCUT2D eigenvalue weighted by atomic mass is 32.2. The van der Waals surface area contributed by atoms with E-state index in [1.165, 1.54) is 12.1 Å². The van der Waals surface area contributed by atoms with E-state index in [0.717, 1.165) is 6.20 Å². The number of anilines is 1. The van der Waals surface area contributed by atoms with Crippen LogP contribution in [0.15, 0.2) is 53.6 Å². The molecule has 6 heteroatoms. The van der Waals surface area contributed by atoms with Crippen molar-refractivity contribution >= 4 is 15.9 Å². The minimum Gasteiger partial charge on any atom is -0.384 e. The van der Waals surface area contributed by atoms with E-state index in [2.05, 4.69) is 4.98 Å². The van der Waals surface area contributed by atoms with Crippen LogP contribution in [0.5, 0.6) is 5.75 Å². The molecular weight excluding hydrogens is 240 g/mol. The maximum absolute atomic E-state index is 11.8. The van der Waals surface area contributed by atoms with Gasteiger partial charge < -0.3 is 9.92 Å². The van der Waals surface area contributed by atoms with Gasteiger partial charge in [-0.25, -0.2) is 4.98 Å². The van der Waals surface area contributed by atoms with Crippen molar-refractivity contribution < 1.29 is 12.6 Å². The summed E-state index contributed by atoms with van der Waals surface area (Å²) in [5.41, 5.74) is 5.38. The quantitative estimate of drug-likeness (QED) is 0.833. The molecule has 0 aliphatic heterocycles. The molecule has 1 aromatic heterocycles. The molecule has 0 amide bonds. The Morgan fingerprint density at radius 1 is 1.06 bits per heavy atom. The molecule has 0 fully saturated rings. The van der Waals surface area contributed by atoms with Gasteiger partial charge in [0.1, 0.15) is 16.5 Å². The number of nitrogen functional groups attached to an aromatic ring is 1. The molecule has 0 atom stereocenters. The van der Waals surface area contributed by atoms with Crippen molar-refractivity contribution in [2.75, 3.05) is 5.73 Å². The Balaban J connectivity index is 2.29. The maximum Gasteiger partial charge on any atom is 0.340 e. The van der Waals surface area contributed by atoms with E-state index in [1.54, 1.807) is 30.3 Å². The first-order chi connectivity index (χ1) is 8.08. The summed E-state index contributed by atoms with van der Waals surface area (Å²) < 4.78 is 28.5. The number of nitrogens with two attached hydrogens (primary N) is 1. The van der Waals surface area contributed by atoms with Gasteiger partial charge in [-0.2, -0.15) is 8.42 Å². The van der Waals surface area contributed by atoms with E-state index in [9.17, 15) is 8.42 Å². The van der Waals surface area contributed by atoms with Crippen LogP contribution in [0.25, 0.3) is 0 Å². The molecule has 0 aliphatic carbocycles. The first-order valence-electron chi connectivity index (χ1n) is 4.79. The summed E-state index contributed by atoms with van der Waals surface area (Å²) in [6.07, 6.45) is 1.16. The van der Waals surface area contributed by atoms with Gasteiger partial charge in [0.25, 0.3) is 0 Å². The van der Waals surface area contributed by atoms with Crippen LogP contribution in [0.2, 0.25) is 0 Å². The van der Waals surface area contributed by atoms with E-state index in [1.807, 2.05) is 0 Å². The molecule has 0 saturated heterocycles. The first-order valence-corrected chi connectivity index (χ1v) is 6.20. The summed E-state index contributed by atoms with van der Waals surface area (Å²) in [4.78, 5) is 3.67. The summed E-state index contributed by atoms with van der Waals surface area (Å²) in [5.74, 6) is 0.507. The van der Waals surface area contributed by atoms with Crippen LogP contribution < -0.4 is 9.92 Å².